The van der Waals surface area contributed by atoms with Gasteiger partial charge in [0.2, 0.25) is 10.0 Å². The zero-order valence-electron chi connectivity index (χ0n) is 9.71. The maximum absolute atomic E-state index is 11.2. The standard InChI is InChI=1S/C10H23NO2S/c1-5-14(12,13)11-10(4)8-6-7-9(2)3/h9-11H,5-8H2,1-4H3. The molecule has 0 aliphatic carbocycles. The van der Waals surface area contributed by atoms with E-state index in [1.54, 1.807) is 6.92 Å². The molecule has 0 amide bonds. The van der Waals surface area contributed by atoms with Crippen LogP contribution in [0.5, 0.6) is 0 Å². The monoisotopic (exact) mass is 221 g/mol. The summed E-state index contributed by atoms with van der Waals surface area (Å²) in [5.74, 6) is 0.867. The van der Waals surface area contributed by atoms with Crippen molar-refractivity contribution in [3.8, 4) is 0 Å². The van der Waals surface area contributed by atoms with Gasteiger partial charge in [-0.25, -0.2) is 13.1 Å². The largest absolute Gasteiger partial charge is 0.212 e. The van der Waals surface area contributed by atoms with E-state index >= 15 is 0 Å². The Morgan fingerprint density at radius 2 is 1.71 bits per heavy atom. The van der Waals surface area contributed by atoms with Gasteiger partial charge in [0.15, 0.2) is 0 Å². The van der Waals surface area contributed by atoms with Gasteiger partial charge in [0, 0.05) is 6.04 Å². The molecule has 1 N–H and O–H groups in total. The second-order valence-electron chi connectivity index (χ2n) is 4.25. The van der Waals surface area contributed by atoms with E-state index in [1.165, 1.54) is 0 Å². The molecule has 4 heteroatoms. The van der Waals surface area contributed by atoms with Crippen LogP contribution >= 0.6 is 0 Å². The van der Waals surface area contributed by atoms with Gasteiger partial charge >= 0.3 is 0 Å². The number of rotatable bonds is 7. The van der Waals surface area contributed by atoms with E-state index in [0.29, 0.717) is 5.92 Å². The van der Waals surface area contributed by atoms with Crippen molar-refractivity contribution in [2.45, 2.75) is 53.0 Å². The van der Waals surface area contributed by atoms with Crippen molar-refractivity contribution in [3.63, 3.8) is 0 Å². The van der Waals surface area contributed by atoms with E-state index in [1.807, 2.05) is 6.92 Å². The lowest BCUT2D eigenvalue weighted by Crippen LogP contribution is -2.33. The van der Waals surface area contributed by atoms with E-state index in [-0.39, 0.29) is 11.8 Å². The summed E-state index contributed by atoms with van der Waals surface area (Å²) in [6, 6.07) is 0.0682. The van der Waals surface area contributed by atoms with Gasteiger partial charge < -0.3 is 0 Å². The molecule has 0 spiro atoms. The number of nitrogens with one attached hydrogen (secondary N) is 1. The topological polar surface area (TPSA) is 46.2 Å². The highest BCUT2D eigenvalue weighted by Gasteiger charge is 2.11. The van der Waals surface area contributed by atoms with Crippen LogP contribution in [0.25, 0.3) is 0 Å². The predicted octanol–water partition coefficient (Wildman–Crippen LogP) is 2.14. The highest BCUT2D eigenvalue weighted by atomic mass is 32.2. The van der Waals surface area contributed by atoms with Gasteiger partial charge in [0.25, 0.3) is 0 Å². The second kappa shape index (κ2) is 6.40. The van der Waals surface area contributed by atoms with E-state index < -0.39 is 10.0 Å². The first-order valence-corrected chi connectivity index (χ1v) is 7.02. The van der Waals surface area contributed by atoms with E-state index in [4.69, 9.17) is 0 Å². The Kier molecular flexibility index (Phi) is 6.36. The molecule has 0 rings (SSSR count). The molecule has 1 atom stereocenters. The van der Waals surface area contributed by atoms with Crippen LogP contribution < -0.4 is 4.72 Å². The highest BCUT2D eigenvalue weighted by molar-refractivity contribution is 7.89. The average Bonchev–Trinajstić information content (AvgIpc) is 2.02. The van der Waals surface area contributed by atoms with Gasteiger partial charge in [-0.1, -0.05) is 26.7 Å². The zero-order valence-corrected chi connectivity index (χ0v) is 10.5. The summed E-state index contributed by atoms with van der Waals surface area (Å²) in [4.78, 5) is 0. The van der Waals surface area contributed by atoms with Gasteiger partial charge in [0.1, 0.15) is 0 Å². The van der Waals surface area contributed by atoms with Crippen LogP contribution in [0.2, 0.25) is 0 Å². The molecular weight excluding hydrogens is 198 g/mol. The smallest absolute Gasteiger partial charge is 0.211 e. The number of sulfonamides is 1. The van der Waals surface area contributed by atoms with Gasteiger partial charge in [-0.3, -0.25) is 0 Å². The van der Waals surface area contributed by atoms with Crippen molar-refractivity contribution in [1.29, 1.82) is 0 Å². The molecular formula is C10H23NO2S. The molecule has 0 aliphatic heterocycles. The third-order valence-electron chi connectivity index (χ3n) is 2.18. The maximum Gasteiger partial charge on any atom is 0.211 e. The van der Waals surface area contributed by atoms with Gasteiger partial charge in [-0.2, -0.15) is 0 Å². The minimum Gasteiger partial charge on any atom is -0.212 e. The quantitative estimate of drug-likeness (QED) is 0.716. The Hall–Kier alpha value is -0.0900. The molecule has 3 nitrogen and oxygen atoms in total. The molecule has 86 valence electrons. The molecule has 0 bridgehead atoms. The van der Waals surface area contributed by atoms with Crippen LogP contribution in [-0.4, -0.2) is 20.2 Å². The molecule has 0 aromatic rings. The van der Waals surface area contributed by atoms with Crippen LogP contribution in [0.15, 0.2) is 0 Å². The summed E-state index contributed by atoms with van der Waals surface area (Å²) in [5, 5.41) is 0. The van der Waals surface area contributed by atoms with Crippen LogP contribution in [0.3, 0.4) is 0 Å². The van der Waals surface area contributed by atoms with Crippen molar-refractivity contribution < 1.29 is 8.42 Å². The highest BCUT2D eigenvalue weighted by Crippen LogP contribution is 2.08. The fraction of sp³-hybridized carbons (Fsp3) is 1.00. The van der Waals surface area contributed by atoms with Crippen molar-refractivity contribution in [2.24, 2.45) is 5.92 Å². The predicted molar refractivity (Wildman–Crippen MR) is 60.7 cm³/mol. The Labute approximate surface area is 88.3 Å². The molecule has 0 radical (unpaired) electrons. The van der Waals surface area contributed by atoms with Gasteiger partial charge in [-0.05, 0) is 26.2 Å². The van der Waals surface area contributed by atoms with Crippen LogP contribution in [0.1, 0.15) is 47.0 Å². The Bertz CT molecular complexity index is 235. The van der Waals surface area contributed by atoms with Crippen molar-refractivity contribution in [2.75, 3.05) is 5.75 Å². The van der Waals surface area contributed by atoms with Crippen molar-refractivity contribution in [1.82, 2.24) is 4.72 Å². The van der Waals surface area contributed by atoms with Crippen LogP contribution in [0, 0.1) is 5.92 Å². The van der Waals surface area contributed by atoms with Crippen LogP contribution in [-0.2, 0) is 10.0 Å². The first kappa shape index (κ1) is 13.9. The third-order valence-corrected chi connectivity index (χ3v) is 3.70. The normalized spacial score (nSPS) is 14.6. The lowest BCUT2D eigenvalue weighted by atomic mass is 10.0. The minimum absolute atomic E-state index is 0.0682. The van der Waals surface area contributed by atoms with Gasteiger partial charge in [-0.15, -0.1) is 0 Å². The molecule has 0 saturated carbocycles. The van der Waals surface area contributed by atoms with Crippen molar-refractivity contribution in [3.05, 3.63) is 0 Å². The molecule has 0 heterocycles. The van der Waals surface area contributed by atoms with Crippen LogP contribution in [0.4, 0.5) is 0 Å². The summed E-state index contributed by atoms with van der Waals surface area (Å²) in [7, 11) is -3.02. The Morgan fingerprint density at radius 3 is 2.14 bits per heavy atom. The van der Waals surface area contributed by atoms with E-state index in [9.17, 15) is 8.42 Å². The fourth-order valence-electron chi connectivity index (χ4n) is 1.28. The molecule has 0 aromatic carbocycles. The maximum atomic E-state index is 11.2. The third kappa shape index (κ3) is 7.33. The minimum atomic E-state index is -3.02. The zero-order chi connectivity index (χ0) is 11.2. The first-order valence-electron chi connectivity index (χ1n) is 5.37. The average molecular weight is 221 g/mol. The Balaban J connectivity index is 3.71. The van der Waals surface area contributed by atoms with E-state index in [0.717, 1.165) is 19.3 Å². The number of hydrogen-bond acceptors (Lipinski definition) is 2. The van der Waals surface area contributed by atoms with E-state index in [2.05, 4.69) is 18.6 Å². The fourth-order valence-corrected chi connectivity index (χ4v) is 2.18. The first-order chi connectivity index (χ1) is 6.37. The SMILES string of the molecule is CCS(=O)(=O)NC(C)CCCC(C)C. The lowest BCUT2D eigenvalue weighted by molar-refractivity contribution is 0.488. The summed E-state index contributed by atoms with van der Waals surface area (Å²) in [6.07, 6.45) is 3.18. The van der Waals surface area contributed by atoms with Crippen molar-refractivity contribution >= 4 is 10.0 Å². The molecule has 1 unspecified atom stereocenters. The molecule has 0 aliphatic rings. The van der Waals surface area contributed by atoms with Gasteiger partial charge in [0.05, 0.1) is 5.75 Å². The number of hydrogen-bond donors (Lipinski definition) is 1. The molecule has 0 aromatic heterocycles. The summed E-state index contributed by atoms with van der Waals surface area (Å²) < 4.78 is 25.0. The molecule has 14 heavy (non-hydrogen) atoms. The molecule has 0 fully saturated rings. The summed E-state index contributed by atoms with van der Waals surface area (Å²) >= 11 is 0. The lowest BCUT2D eigenvalue weighted by Gasteiger charge is -2.13. The Morgan fingerprint density at radius 1 is 1.14 bits per heavy atom. The molecule has 0 saturated heterocycles. The second-order valence-corrected chi connectivity index (χ2v) is 6.29. The summed E-state index contributed by atoms with van der Waals surface area (Å²) in [5.41, 5.74) is 0. The summed E-state index contributed by atoms with van der Waals surface area (Å²) in [6.45, 7) is 7.94.